The standard InChI is InChI=1S/C21H32.C21H26.C21H20.C20H18.C19H24.C19H18/c3*1-16-3-7-18(8-4-16)15-19-9-13-21(14-10-19)20-11-5-17(2)6-12-20;1-15-3-7-17(8-4-15)19-11-13-20(14-12-19)18-9-5-16(2)6-10-18;2*1-14-3-6-16(7-4-14)12-17-8-10-18-11-15(2)5-9-19(18)13-17/h3-4,7-8,17,19-21H,5-6,9-15H2,1-2H3;5-6,9-14,16,18H,3-4,7-8,15H2,1-2H3;3-14H,15H2,1-2H3;3-14H,1-2H3;5,8-11,13-14,16H,3-4,6-7,12H2,1-2H3;3-11,13H,12H2,1-2H3. The van der Waals surface area contributed by atoms with Gasteiger partial charge in [-0.15, -0.1) is 0 Å². The van der Waals surface area contributed by atoms with Crippen molar-refractivity contribution in [3.05, 3.63) is 404 Å². The third kappa shape index (κ3) is 27.8. The summed E-state index contributed by atoms with van der Waals surface area (Å²) in [5, 5.41) is 5.43. The molecule has 4 aliphatic carbocycles. The van der Waals surface area contributed by atoms with Gasteiger partial charge in [0.1, 0.15) is 0 Å². The fourth-order valence-electron chi connectivity index (χ4n) is 18.8. The normalized spacial score (nSPS) is 18.7. The molecule has 4 fully saturated rings. The van der Waals surface area contributed by atoms with Crippen LogP contribution >= 0.6 is 0 Å². The summed E-state index contributed by atoms with van der Waals surface area (Å²) in [6.07, 6.45) is 29.2. The molecule has 0 heterocycles. The average Bonchev–Trinajstić information content (AvgIpc) is 0.836. The molecule has 0 aromatic heterocycles. The molecule has 0 atom stereocenters. The highest BCUT2D eigenvalue weighted by Gasteiger charge is 2.30. The lowest BCUT2D eigenvalue weighted by molar-refractivity contribution is 0.150. The van der Waals surface area contributed by atoms with E-state index in [1.54, 1.807) is 5.56 Å². The Hall–Kier alpha value is -10.4. The Morgan fingerprint density at radius 1 is 0.165 bits per heavy atom. The molecule has 121 heavy (non-hydrogen) atoms. The highest BCUT2D eigenvalue weighted by atomic mass is 14.4. The maximum atomic E-state index is 2.44. The summed E-state index contributed by atoms with van der Waals surface area (Å²) in [7, 11) is 0. The Kier molecular flexibility index (Phi) is 32.4. The summed E-state index contributed by atoms with van der Waals surface area (Å²) in [5.41, 5.74) is 32.2. The maximum Gasteiger partial charge on any atom is -0.00255 e. The number of rotatable bonds is 15. The van der Waals surface area contributed by atoms with Crippen molar-refractivity contribution in [2.75, 3.05) is 0 Å². The van der Waals surface area contributed by atoms with Crippen LogP contribution in [0.1, 0.15) is 213 Å². The number of aryl methyl sites for hydroxylation is 9. The van der Waals surface area contributed by atoms with Crippen LogP contribution in [0.25, 0.3) is 66.1 Å². The Morgan fingerprint density at radius 3 is 0.669 bits per heavy atom. The summed E-state index contributed by atoms with van der Waals surface area (Å²) in [6, 6.07) is 116. The Balaban J connectivity index is 0.000000125. The van der Waals surface area contributed by atoms with Crippen LogP contribution in [0.5, 0.6) is 0 Å². The van der Waals surface area contributed by atoms with Gasteiger partial charge in [0.25, 0.3) is 0 Å². The van der Waals surface area contributed by atoms with Crippen LogP contribution < -0.4 is 0 Å². The third-order valence-electron chi connectivity index (χ3n) is 27.1. The molecule has 622 valence electrons. The van der Waals surface area contributed by atoms with Gasteiger partial charge in [-0.25, -0.2) is 0 Å². The van der Waals surface area contributed by atoms with Crippen molar-refractivity contribution >= 4 is 21.5 Å². The number of benzene rings is 14. The molecule has 0 spiro atoms. The zero-order chi connectivity index (χ0) is 84.4. The highest BCUT2D eigenvalue weighted by molar-refractivity contribution is 5.85. The molecule has 0 aliphatic heterocycles. The highest BCUT2D eigenvalue weighted by Crippen LogP contribution is 2.43. The summed E-state index contributed by atoms with van der Waals surface area (Å²) in [5.74, 6) is 7.81. The molecule has 0 N–H and O–H groups in total. The maximum absolute atomic E-state index is 2.44. The minimum atomic E-state index is 0.909. The summed E-state index contributed by atoms with van der Waals surface area (Å²) in [4.78, 5) is 0. The summed E-state index contributed by atoms with van der Waals surface area (Å²) < 4.78 is 0. The van der Waals surface area contributed by atoms with Gasteiger partial charge in [0.05, 0.1) is 0 Å². The van der Waals surface area contributed by atoms with Crippen molar-refractivity contribution in [3.8, 4) is 44.5 Å². The third-order valence-corrected chi connectivity index (χ3v) is 27.1. The lowest BCUT2D eigenvalue weighted by Gasteiger charge is -2.37. The SMILES string of the molecule is Cc1ccc(-c2ccc(-c3ccc(C)cc3)cc2)cc1.Cc1ccc(-c2ccc(CC3CCC(C)CC3)cc2)cc1.Cc1ccc(CC2CCC(C3CCC(C)CC3)CC2)cc1.Cc1ccc(Cc2ccc(-c3ccc(C)cc3)cc2)cc1.Cc1ccc(Cc2ccc3cc(C)ccc3c2)cc1.Cc1ccc2cc(CC3CCC(C)CC3)ccc2c1. The predicted octanol–water partition coefficient (Wildman–Crippen LogP) is 34.0. The second kappa shape index (κ2) is 44.4. The molecule has 0 bridgehead atoms. The van der Waals surface area contributed by atoms with E-state index < -0.39 is 0 Å². The average molecular weight is 1590 g/mol. The lowest BCUT2D eigenvalue weighted by Crippen LogP contribution is -2.25. The molecule has 0 nitrogen and oxygen atoms in total. The van der Waals surface area contributed by atoms with Crippen molar-refractivity contribution in [2.24, 2.45) is 47.3 Å². The van der Waals surface area contributed by atoms with E-state index in [1.165, 1.54) is 271 Å². The van der Waals surface area contributed by atoms with Gasteiger partial charge in [0.15, 0.2) is 0 Å². The molecule has 0 saturated heterocycles. The Bertz CT molecular complexity index is 5330. The zero-order valence-corrected chi connectivity index (χ0v) is 75.5. The van der Waals surface area contributed by atoms with Crippen LogP contribution in [0.15, 0.2) is 315 Å². The number of hydrogen-bond acceptors (Lipinski definition) is 0. The van der Waals surface area contributed by atoms with Crippen molar-refractivity contribution < 1.29 is 0 Å². The Labute approximate surface area is 730 Å². The van der Waals surface area contributed by atoms with E-state index in [2.05, 4.69) is 399 Å². The summed E-state index contributed by atoms with van der Waals surface area (Å²) in [6.45, 7) is 26.5. The first-order valence-corrected chi connectivity index (χ1v) is 46.5. The van der Waals surface area contributed by atoms with Crippen molar-refractivity contribution in [1.82, 2.24) is 0 Å². The fraction of sp³-hybridized carbons (Fsp3) is 0.339. The minimum Gasteiger partial charge on any atom is -0.0625 e. The van der Waals surface area contributed by atoms with Gasteiger partial charge in [-0.1, -0.05) is 425 Å². The minimum absolute atomic E-state index is 0.909. The van der Waals surface area contributed by atoms with Gasteiger partial charge >= 0.3 is 0 Å². The van der Waals surface area contributed by atoms with E-state index in [0.717, 1.165) is 60.2 Å². The summed E-state index contributed by atoms with van der Waals surface area (Å²) >= 11 is 0. The first-order valence-electron chi connectivity index (χ1n) is 46.5. The van der Waals surface area contributed by atoms with Crippen LogP contribution in [0, 0.1) is 110 Å². The predicted molar refractivity (Wildman–Crippen MR) is 526 cm³/mol. The molecule has 0 amide bonds. The van der Waals surface area contributed by atoms with Crippen LogP contribution in [0.2, 0.25) is 0 Å². The molecule has 14 aromatic rings. The van der Waals surface area contributed by atoms with Gasteiger partial charge in [0.2, 0.25) is 0 Å². The van der Waals surface area contributed by atoms with Gasteiger partial charge < -0.3 is 0 Å². The van der Waals surface area contributed by atoms with Crippen LogP contribution in [-0.2, 0) is 32.1 Å². The monoisotopic (exact) mass is 1590 g/mol. The van der Waals surface area contributed by atoms with Crippen molar-refractivity contribution in [1.29, 1.82) is 0 Å². The van der Waals surface area contributed by atoms with E-state index in [1.807, 2.05) is 0 Å². The van der Waals surface area contributed by atoms with Gasteiger partial charge in [-0.2, -0.15) is 0 Å². The second-order valence-electron chi connectivity index (χ2n) is 37.8. The van der Waals surface area contributed by atoms with E-state index in [0.29, 0.717) is 0 Å². The molecule has 14 aromatic carbocycles. The van der Waals surface area contributed by atoms with E-state index >= 15 is 0 Å². The lowest BCUT2D eigenvalue weighted by atomic mass is 9.69. The van der Waals surface area contributed by atoms with Gasteiger partial charge in [-0.05, 0) is 311 Å². The molecule has 18 rings (SSSR count). The van der Waals surface area contributed by atoms with Gasteiger partial charge in [-0.3, -0.25) is 0 Å². The molecule has 0 unspecified atom stereocenters. The molecule has 0 radical (unpaired) electrons. The molecular formula is C121H138. The molecule has 4 aliphatic rings. The van der Waals surface area contributed by atoms with Crippen molar-refractivity contribution in [2.45, 2.75) is 218 Å². The topological polar surface area (TPSA) is 0 Å². The molecular weight excluding hydrogens is 1450 g/mol. The molecule has 0 heteroatoms. The molecule has 4 saturated carbocycles. The Morgan fingerprint density at radius 2 is 0.347 bits per heavy atom. The van der Waals surface area contributed by atoms with Crippen LogP contribution in [-0.4, -0.2) is 0 Å². The quantitative estimate of drug-likeness (QED) is 0.0960. The first kappa shape index (κ1) is 88.4. The largest absolute Gasteiger partial charge is 0.0625 e. The van der Waals surface area contributed by atoms with E-state index in [-0.39, 0.29) is 0 Å². The van der Waals surface area contributed by atoms with E-state index in [4.69, 9.17) is 0 Å². The second-order valence-corrected chi connectivity index (χ2v) is 37.8. The van der Waals surface area contributed by atoms with Crippen molar-refractivity contribution in [3.63, 3.8) is 0 Å². The number of hydrogen-bond donors (Lipinski definition) is 0. The van der Waals surface area contributed by atoms with Crippen LogP contribution in [0.3, 0.4) is 0 Å². The van der Waals surface area contributed by atoms with Gasteiger partial charge in [0, 0.05) is 0 Å². The zero-order valence-electron chi connectivity index (χ0n) is 75.5. The number of fused-ring (bicyclic) bond motifs is 2. The fourth-order valence-corrected chi connectivity index (χ4v) is 18.8. The van der Waals surface area contributed by atoms with Crippen LogP contribution in [0.4, 0.5) is 0 Å². The first-order chi connectivity index (χ1) is 58.7. The smallest absolute Gasteiger partial charge is 0.00255 e. The van der Waals surface area contributed by atoms with E-state index in [9.17, 15) is 0 Å².